The van der Waals surface area contributed by atoms with E-state index < -0.39 is 6.67 Å². The first kappa shape index (κ1) is 16.1. The smallest absolute Gasteiger partial charge is 0.234 e. The van der Waals surface area contributed by atoms with Crippen LogP contribution in [0.1, 0.15) is 12.0 Å². The molecule has 1 heterocycles. The Balaban J connectivity index is 1.87. The average molecular weight is 312 g/mol. The third kappa shape index (κ3) is 4.35. The lowest BCUT2D eigenvalue weighted by Crippen LogP contribution is -2.41. The van der Waals surface area contributed by atoms with Gasteiger partial charge in [0.05, 0.1) is 13.2 Å². The van der Waals surface area contributed by atoms with E-state index in [1.54, 1.807) is 18.9 Å². The van der Waals surface area contributed by atoms with Crippen molar-refractivity contribution in [1.29, 1.82) is 0 Å². The van der Waals surface area contributed by atoms with Gasteiger partial charge in [-0.3, -0.25) is 9.69 Å². The maximum atomic E-state index is 12.5. The fourth-order valence-electron chi connectivity index (χ4n) is 2.57. The molecule has 0 spiro atoms. The van der Waals surface area contributed by atoms with E-state index in [0.717, 1.165) is 18.0 Å². The fourth-order valence-corrected chi connectivity index (χ4v) is 3.81. The molecule has 0 radical (unpaired) electrons. The SMILES string of the molecule is COc1ccc(CS[C@H]2C[C@@H](C(N)=O)N(CCF)C2)cc1. The highest BCUT2D eigenvalue weighted by molar-refractivity contribution is 7.99. The molecule has 1 amide bonds. The van der Waals surface area contributed by atoms with Crippen molar-refractivity contribution < 1.29 is 13.9 Å². The van der Waals surface area contributed by atoms with E-state index in [0.29, 0.717) is 11.7 Å². The summed E-state index contributed by atoms with van der Waals surface area (Å²) < 4.78 is 17.6. The van der Waals surface area contributed by atoms with Gasteiger partial charge < -0.3 is 10.5 Å². The van der Waals surface area contributed by atoms with E-state index >= 15 is 0 Å². The first-order chi connectivity index (χ1) is 10.1. The van der Waals surface area contributed by atoms with Gasteiger partial charge in [0, 0.05) is 24.1 Å². The zero-order valence-electron chi connectivity index (χ0n) is 12.1. The third-order valence-corrected chi connectivity index (χ3v) is 5.02. The number of thioether (sulfide) groups is 1. The molecular weight excluding hydrogens is 291 g/mol. The van der Waals surface area contributed by atoms with Gasteiger partial charge in [-0.05, 0) is 24.1 Å². The topological polar surface area (TPSA) is 55.6 Å². The summed E-state index contributed by atoms with van der Waals surface area (Å²) >= 11 is 1.79. The van der Waals surface area contributed by atoms with E-state index in [-0.39, 0.29) is 18.5 Å². The van der Waals surface area contributed by atoms with Crippen LogP contribution in [0, 0.1) is 0 Å². The molecule has 0 aromatic heterocycles. The zero-order chi connectivity index (χ0) is 15.2. The largest absolute Gasteiger partial charge is 0.497 e. The van der Waals surface area contributed by atoms with E-state index in [4.69, 9.17) is 10.5 Å². The Morgan fingerprint density at radius 1 is 1.48 bits per heavy atom. The molecule has 1 aromatic carbocycles. The lowest BCUT2D eigenvalue weighted by molar-refractivity contribution is -0.122. The van der Waals surface area contributed by atoms with Crippen molar-refractivity contribution in [3.63, 3.8) is 0 Å². The zero-order valence-corrected chi connectivity index (χ0v) is 12.9. The Hall–Kier alpha value is -1.27. The number of carbonyl (C=O) groups excluding carboxylic acids is 1. The van der Waals surface area contributed by atoms with Crippen molar-refractivity contribution in [1.82, 2.24) is 4.90 Å². The predicted molar refractivity (Wildman–Crippen MR) is 83.2 cm³/mol. The van der Waals surface area contributed by atoms with Gasteiger partial charge in [-0.2, -0.15) is 11.8 Å². The Kier molecular flexibility index (Phi) is 5.87. The number of nitrogens with two attached hydrogens (primary N) is 1. The summed E-state index contributed by atoms with van der Waals surface area (Å²) in [5.41, 5.74) is 6.60. The molecule has 1 aromatic rings. The van der Waals surface area contributed by atoms with Crippen molar-refractivity contribution in [2.45, 2.75) is 23.5 Å². The number of amides is 1. The molecule has 2 N–H and O–H groups in total. The molecule has 0 aliphatic carbocycles. The Morgan fingerprint density at radius 3 is 2.76 bits per heavy atom. The number of hydrogen-bond acceptors (Lipinski definition) is 4. The normalized spacial score (nSPS) is 22.4. The number of alkyl halides is 1. The number of likely N-dealkylation sites (tertiary alicyclic amines) is 1. The van der Waals surface area contributed by atoms with Gasteiger partial charge in [0.1, 0.15) is 12.4 Å². The van der Waals surface area contributed by atoms with Crippen LogP contribution in [-0.4, -0.2) is 49.0 Å². The van der Waals surface area contributed by atoms with Crippen LogP contribution >= 0.6 is 11.8 Å². The molecule has 6 heteroatoms. The summed E-state index contributed by atoms with van der Waals surface area (Å²) in [6.07, 6.45) is 0.705. The van der Waals surface area contributed by atoms with Gasteiger partial charge in [-0.15, -0.1) is 0 Å². The van der Waals surface area contributed by atoms with Crippen LogP contribution in [0.4, 0.5) is 4.39 Å². The summed E-state index contributed by atoms with van der Waals surface area (Å²) in [5, 5.41) is 0.316. The molecule has 116 valence electrons. The van der Waals surface area contributed by atoms with Crippen LogP contribution in [0.5, 0.6) is 5.75 Å². The average Bonchev–Trinajstić information content (AvgIpc) is 2.89. The summed E-state index contributed by atoms with van der Waals surface area (Å²) in [5.74, 6) is 1.35. The van der Waals surface area contributed by atoms with E-state index in [9.17, 15) is 9.18 Å². The predicted octanol–water partition coefficient (Wildman–Crippen LogP) is 1.83. The minimum atomic E-state index is -0.445. The van der Waals surface area contributed by atoms with Crippen LogP contribution in [0.25, 0.3) is 0 Å². The Labute approximate surface area is 128 Å². The van der Waals surface area contributed by atoms with Crippen LogP contribution in [0.15, 0.2) is 24.3 Å². The van der Waals surface area contributed by atoms with E-state index in [1.165, 1.54) is 5.56 Å². The second-order valence-corrected chi connectivity index (χ2v) is 6.41. The van der Waals surface area contributed by atoms with Crippen molar-refractivity contribution in [2.24, 2.45) is 5.73 Å². The van der Waals surface area contributed by atoms with Gasteiger partial charge in [-0.1, -0.05) is 12.1 Å². The molecule has 0 bridgehead atoms. The highest BCUT2D eigenvalue weighted by Crippen LogP contribution is 2.30. The molecule has 2 atom stereocenters. The molecule has 0 unspecified atom stereocenters. The lowest BCUT2D eigenvalue weighted by atomic mass is 10.2. The van der Waals surface area contributed by atoms with Crippen LogP contribution in [0.2, 0.25) is 0 Å². The number of ether oxygens (including phenoxy) is 1. The van der Waals surface area contributed by atoms with Crippen molar-refractivity contribution in [3.8, 4) is 5.75 Å². The van der Waals surface area contributed by atoms with Crippen LogP contribution in [-0.2, 0) is 10.5 Å². The highest BCUT2D eigenvalue weighted by Gasteiger charge is 2.35. The van der Waals surface area contributed by atoms with Gasteiger partial charge in [-0.25, -0.2) is 4.39 Å². The maximum Gasteiger partial charge on any atom is 0.234 e. The van der Waals surface area contributed by atoms with Crippen molar-refractivity contribution in [2.75, 3.05) is 26.9 Å². The van der Waals surface area contributed by atoms with E-state index in [1.807, 2.05) is 29.2 Å². The molecule has 1 fully saturated rings. The fraction of sp³-hybridized carbons (Fsp3) is 0.533. The Morgan fingerprint density at radius 2 is 2.19 bits per heavy atom. The maximum absolute atomic E-state index is 12.5. The molecule has 2 rings (SSSR count). The molecule has 1 saturated heterocycles. The van der Waals surface area contributed by atoms with Gasteiger partial charge in [0.2, 0.25) is 5.91 Å². The quantitative estimate of drug-likeness (QED) is 0.834. The number of benzene rings is 1. The number of methoxy groups -OCH3 is 1. The van der Waals surface area contributed by atoms with Crippen LogP contribution < -0.4 is 10.5 Å². The molecular formula is C15H21FN2O2S. The first-order valence-corrected chi connectivity index (χ1v) is 8.02. The van der Waals surface area contributed by atoms with Gasteiger partial charge in [0.15, 0.2) is 0 Å². The standard InChI is InChI=1S/C15H21FN2O2S/c1-20-12-4-2-11(3-5-12)10-21-13-8-14(15(17)19)18(9-13)7-6-16/h2-5,13-14H,6-10H2,1H3,(H2,17,19)/t13-,14-/m0/s1. The second-order valence-electron chi connectivity index (χ2n) is 5.12. The highest BCUT2D eigenvalue weighted by atomic mass is 32.2. The number of primary amides is 1. The van der Waals surface area contributed by atoms with Crippen molar-refractivity contribution in [3.05, 3.63) is 29.8 Å². The molecule has 4 nitrogen and oxygen atoms in total. The summed E-state index contributed by atoms with van der Waals surface area (Å²) in [7, 11) is 1.64. The first-order valence-electron chi connectivity index (χ1n) is 6.98. The minimum absolute atomic E-state index is 0.285. The van der Waals surface area contributed by atoms with Crippen LogP contribution in [0.3, 0.4) is 0 Å². The van der Waals surface area contributed by atoms with E-state index in [2.05, 4.69) is 0 Å². The summed E-state index contributed by atoms with van der Waals surface area (Å²) in [6.45, 7) is 0.561. The van der Waals surface area contributed by atoms with Gasteiger partial charge >= 0.3 is 0 Å². The van der Waals surface area contributed by atoms with Gasteiger partial charge in [0.25, 0.3) is 0 Å². The number of carbonyl (C=O) groups is 1. The summed E-state index contributed by atoms with van der Waals surface area (Å²) in [6, 6.07) is 7.62. The number of rotatable bonds is 7. The third-order valence-electron chi connectivity index (χ3n) is 3.71. The van der Waals surface area contributed by atoms with Crippen molar-refractivity contribution >= 4 is 17.7 Å². The molecule has 1 aliphatic heterocycles. The second kappa shape index (κ2) is 7.66. The number of halogens is 1. The molecule has 21 heavy (non-hydrogen) atoms. The Bertz CT molecular complexity index is 469. The molecule has 0 saturated carbocycles. The molecule has 1 aliphatic rings. The minimum Gasteiger partial charge on any atom is -0.497 e. The number of nitrogens with zero attached hydrogens (tertiary/aromatic N) is 1. The number of hydrogen-bond donors (Lipinski definition) is 1. The monoisotopic (exact) mass is 312 g/mol. The lowest BCUT2D eigenvalue weighted by Gasteiger charge is -2.19. The summed E-state index contributed by atoms with van der Waals surface area (Å²) in [4.78, 5) is 13.3.